The fourth-order valence-corrected chi connectivity index (χ4v) is 2.37. The second-order valence-electron chi connectivity index (χ2n) is 3.71. The molecule has 2 N–H and O–H groups in total. The lowest BCUT2D eigenvalue weighted by Gasteiger charge is -2.06. The molecule has 7 nitrogen and oxygen atoms in total. The van der Waals surface area contributed by atoms with Crippen molar-refractivity contribution in [2.75, 3.05) is 6.61 Å². The van der Waals surface area contributed by atoms with Gasteiger partial charge in [-0.15, -0.1) is 0 Å². The van der Waals surface area contributed by atoms with Gasteiger partial charge in [0.05, 0.1) is 12.8 Å². The number of carbonyl (C=O) groups is 1. The predicted molar refractivity (Wildman–Crippen MR) is 64.5 cm³/mol. The van der Waals surface area contributed by atoms with Crippen molar-refractivity contribution in [2.45, 2.75) is 38.3 Å². The van der Waals surface area contributed by atoms with Gasteiger partial charge in [0.25, 0.3) is 10.0 Å². The Kier molecular flexibility index (Phi) is 4.85. The van der Waals surface area contributed by atoms with Crippen LogP contribution in [-0.4, -0.2) is 30.8 Å². The predicted octanol–water partition coefficient (Wildman–Crippen LogP) is 0.507. The minimum Gasteiger partial charge on any atom is -0.462 e. The minimum atomic E-state index is -4.01. The van der Waals surface area contributed by atoms with E-state index in [4.69, 9.17) is 9.88 Å². The maximum atomic E-state index is 11.6. The van der Waals surface area contributed by atoms with E-state index in [-0.39, 0.29) is 17.2 Å². The molecule has 1 aromatic rings. The van der Waals surface area contributed by atoms with Crippen LogP contribution >= 0.6 is 0 Å². The largest absolute Gasteiger partial charge is 0.462 e. The standard InChI is InChI=1S/C10H17N3O4S/c1-3-5-6-13-9(18(11,15)16)8(7-12-13)10(14)17-4-2/h7H,3-6H2,1-2H3,(H2,11,15,16). The summed E-state index contributed by atoms with van der Waals surface area (Å²) in [6.07, 6.45) is 2.79. The van der Waals surface area contributed by atoms with E-state index in [1.165, 1.54) is 10.9 Å². The average Bonchev–Trinajstić information content (AvgIpc) is 2.70. The number of aryl methyl sites for hydroxylation is 1. The van der Waals surface area contributed by atoms with Gasteiger partial charge in [0.1, 0.15) is 5.56 Å². The summed E-state index contributed by atoms with van der Waals surface area (Å²) in [6, 6.07) is 0. The third-order valence-electron chi connectivity index (χ3n) is 2.28. The van der Waals surface area contributed by atoms with Crippen LogP contribution in [0.4, 0.5) is 0 Å². The molecule has 18 heavy (non-hydrogen) atoms. The molecule has 0 unspecified atom stereocenters. The summed E-state index contributed by atoms with van der Waals surface area (Å²) in [6.45, 7) is 4.15. The number of rotatable bonds is 6. The highest BCUT2D eigenvalue weighted by Crippen LogP contribution is 2.16. The second-order valence-corrected chi connectivity index (χ2v) is 5.18. The summed E-state index contributed by atoms with van der Waals surface area (Å²) in [4.78, 5) is 11.6. The molecule has 0 aromatic carbocycles. The van der Waals surface area contributed by atoms with Crippen LogP contribution in [0.25, 0.3) is 0 Å². The van der Waals surface area contributed by atoms with Gasteiger partial charge in [-0.2, -0.15) is 5.10 Å². The number of nitrogens with zero attached hydrogens (tertiary/aromatic N) is 2. The summed E-state index contributed by atoms with van der Waals surface area (Å²) in [5, 5.41) is 8.71. The number of carbonyl (C=O) groups excluding carboxylic acids is 1. The monoisotopic (exact) mass is 275 g/mol. The molecule has 0 saturated carbocycles. The van der Waals surface area contributed by atoms with Crippen molar-refractivity contribution in [2.24, 2.45) is 5.14 Å². The molecule has 1 aromatic heterocycles. The first-order valence-corrected chi connectivity index (χ1v) is 7.22. The fourth-order valence-electron chi connectivity index (χ4n) is 1.49. The van der Waals surface area contributed by atoms with Crippen LogP contribution in [0.2, 0.25) is 0 Å². The van der Waals surface area contributed by atoms with E-state index < -0.39 is 16.0 Å². The number of esters is 1. The highest BCUT2D eigenvalue weighted by Gasteiger charge is 2.26. The lowest BCUT2D eigenvalue weighted by molar-refractivity contribution is 0.0521. The Morgan fingerprint density at radius 1 is 1.50 bits per heavy atom. The van der Waals surface area contributed by atoms with Gasteiger partial charge in [-0.05, 0) is 13.3 Å². The third kappa shape index (κ3) is 3.30. The van der Waals surface area contributed by atoms with Crippen molar-refractivity contribution in [3.63, 3.8) is 0 Å². The van der Waals surface area contributed by atoms with E-state index in [9.17, 15) is 13.2 Å². The number of ether oxygens (including phenoxy) is 1. The van der Waals surface area contributed by atoms with Crippen LogP contribution in [0.15, 0.2) is 11.2 Å². The Morgan fingerprint density at radius 3 is 2.67 bits per heavy atom. The Labute approximate surface area is 106 Å². The molecule has 0 aliphatic rings. The highest BCUT2D eigenvalue weighted by atomic mass is 32.2. The van der Waals surface area contributed by atoms with Crippen LogP contribution in [-0.2, 0) is 21.3 Å². The molecule has 8 heteroatoms. The Hall–Kier alpha value is -1.41. The Bertz CT molecular complexity index is 521. The molecular formula is C10H17N3O4S. The zero-order valence-electron chi connectivity index (χ0n) is 10.4. The normalized spacial score (nSPS) is 11.5. The number of aromatic nitrogens is 2. The fraction of sp³-hybridized carbons (Fsp3) is 0.600. The lowest BCUT2D eigenvalue weighted by Crippen LogP contribution is -2.21. The highest BCUT2D eigenvalue weighted by molar-refractivity contribution is 7.89. The number of sulfonamides is 1. The quantitative estimate of drug-likeness (QED) is 0.761. The lowest BCUT2D eigenvalue weighted by atomic mass is 10.3. The van der Waals surface area contributed by atoms with Crippen molar-refractivity contribution in [1.82, 2.24) is 9.78 Å². The maximum Gasteiger partial charge on any atom is 0.342 e. The van der Waals surface area contributed by atoms with Gasteiger partial charge in [0, 0.05) is 6.54 Å². The van der Waals surface area contributed by atoms with Gasteiger partial charge in [0.15, 0.2) is 5.03 Å². The summed E-state index contributed by atoms with van der Waals surface area (Å²) in [5.74, 6) is -0.732. The number of unbranched alkanes of at least 4 members (excludes halogenated alkanes) is 1. The van der Waals surface area contributed by atoms with Crippen molar-refractivity contribution in [1.29, 1.82) is 0 Å². The number of primary sulfonamides is 1. The smallest absolute Gasteiger partial charge is 0.342 e. The van der Waals surface area contributed by atoms with E-state index in [2.05, 4.69) is 5.10 Å². The maximum absolute atomic E-state index is 11.6. The number of hydrogen-bond acceptors (Lipinski definition) is 5. The average molecular weight is 275 g/mol. The Balaban J connectivity index is 3.20. The van der Waals surface area contributed by atoms with E-state index in [1.807, 2.05) is 6.92 Å². The first kappa shape index (κ1) is 14.7. The minimum absolute atomic E-state index is 0.115. The molecule has 0 spiro atoms. The van der Waals surface area contributed by atoms with E-state index in [1.54, 1.807) is 6.92 Å². The molecule has 0 bridgehead atoms. The van der Waals surface area contributed by atoms with Crippen molar-refractivity contribution < 1.29 is 17.9 Å². The molecule has 0 radical (unpaired) electrons. The molecule has 102 valence electrons. The number of nitrogens with two attached hydrogens (primary N) is 1. The van der Waals surface area contributed by atoms with Gasteiger partial charge in [-0.25, -0.2) is 18.4 Å². The van der Waals surface area contributed by atoms with Crippen LogP contribution in [0.5, 0.6) is 0 Å². The third-order valence-corrected chi connectivity index (χ3v) is 3.25. The second kappa shape index (κ2) is 5.96. The van der Waals surface area contributed by atoms with Crippen molar-refractivity contribution in [3.8, 4) is 0 Å². The molecule has 0 aliphatic carbocycles. The molecule has 0 aliphatic heterocycles. The molecule has 1 rings (SSSR count). The first-order valence-electron chi connectivity index (χ1n) is 5.67. The van der Waals surface area contributed by atoms with Gasteiger partial charge in [-0.3, -0.25) is 4.68 Å². The van der Waals surface area contributed by atoms with E-state index in [0.29, 0.717) is 6.54 Å². The molecule has 0 fully saturated rings. The molecule has 0 saturated heterocycles. The van der Waals surface area contributed by atoms with Gasteiger partial charge < -0.3 is 4.74 Å². The summed E-state index contributed by atoms with van der Waals surface area (Å²) in [5.41, 5.74) is -0.115. The molecule has 0 atom stereocenters. The molecule has 0 amide bonds. The van der Waals surface area contributed by atoms with Crippen LogP contribution < -0.4 is 5.14 Å². The number of hydrogen-bond donors (Lipinski definition) is 1. The Morgan fingerprint density at radius 2 is 2.17 bits per heavy atom. The van der Waals surface area contributed by atoms with Crippen molar-refractivity contribution >= 4 is 16.0 Å². The van der Waals surface area contributed by atoms with E-state index in [0.717, 1.165) is 12.8 Å². The van der Waals surface area contributed by atoms with E-state index >= 15 is 0 Å². The van der Waals surface area contributed by atoms with Gasteiger partial charge in [-0.1, -0.05) is 13.3 Å². The summed E-state index contributed by atoms with van der Waals surface area (Å²) in [7, 11) is -4.01. The summed E-state index contributed by atoms with van der Waals surface area (Å²) < 4.78 is 29.0. The van der Waals surface area contributed by atoms with Crippen LogP contribution in [0, 0.1) is 0 Å². The van der Waals surface area contributed by atoms with Gasteiger partial charge in [0.2, 0.25) is 0 Å². The summed E-state index contributed by atoms with van der Waals surface area (Å²) >= 11 is 0. The van der Waals surface area contributed by atoms with Crippen LogP contribution in [0.1, 0.15) is 37.0 Å². The topological polar surface area (TPSA) is 104 Å². The molecular weight excluding hydrogens is 258 g/mol. The van der Waals surface area contributed by atoms with Gasteiger partial charge >= 0.3 is 5.97 Å². The zero-order valence-corrected chi connectivity index (χ0v) is 11.2. The zero-order chi connectivity index (χ0) is 13.8. The van der Waals surface area contributed by atoms with Crippen molar-refractivity contribution in [3.05, 3.63) is 11.8 Å². The SMILES string of the molecule is CCCCn1ncc(C(=O)OCC)c1S(N)(=O)=O. The first-order chi connectivity index (χ1) is 8.41. The van der Waals surface area contributed by atoms with Crippen LogP contribution in [0.3, 0.4) is 0 Å². The molecule has 1 heterocycles.